The van der Waals surface area contributed by atoms with Crippen LogP contribution in [-0.2, 0) is 7.05 Å². The van der Waals surface area contributed by atoms with E-state index in [1.54, 1.807) is 0 Å². The highest BCUT2D eigenvalue weighted by Crippen LogP contribution is 2.30. The molecular formula is C19H23ClN2S. The first-order valence-corrected chi connectivity index (χ1v) is 8.70. The minimum absolute atomic E-state index is 0. The number of nitrogens with zero attached hydrogens (tertiary/aromatic N) is 2. The summed E-state index contributed by atoms with van der Waals surface area (Å²) < 4.78 is 3.65. The van der Waals surface area contributed by atoms with Crippen LogP contribution in [0.5, 0.6) is 0 Å². The third kappa shape index (κ3) is 3.36. The molecule has 0 spiro atoms. The van der Waals surface area contributed by atoms with Crippen LogP contribution in [0.25, 0.3) is 20.8 Å². The summed E-state index contributed by atoms with van der Waals surface area (Å²) in [5.41, 5.74) is 5.21. The van der Waals surface area contributed by atoms with E-state index in [1.165, 1.54) is 32.0 Å². The standard InChI is InChI=1S/C19H23N2S.ClH/c1-5-21(6-2)16-10-8-15(9-11-16)19-20(4)17-13-14(3)7-12-18(17)22-19;/h7-13H,5-6H2,1-4H3;1H/q+1;/p-1. The molecule has 0 aliphatic rings. The van der Waals surface area contributed by atoms with E-state index in [0.717, 1.165) is 13.1 Å². The lowest BCUT2D eigenvalue weighted by Gasteiger charge is -2.20. The Hall–Kier alpha value is -1.58. The second kappa shape index (κ2) is 7.33. The molecule has 0 radical (unpaired) electrons. The SMILES string of the molecule is CCN(CC)c1ccc(-c2sc3ccc(C)cc3[n+]2C)cc1.[Cl-]. The van der Waals surface area contributed by atoms with E-state index in [2.05, 4.69) is 79.8 Å². The average molecular weight is 347 g/mol. The molecule has 0 amide bonds. The molecule has 0 atom stereocenters. The van der Waals surface area contributed by atoms with Crippen molar-refractivity contribution in [2.45, 2.75) is 20.8 Å². The topological polar surface area (TPSA) is 7.12 Å². The summed E-state index contributed by atoms with van der Waals surface area (Å²) in [6.45, 7) is 8.64. The molecule has 2 aromatic carbocycles. The number of halogens is 1. The minimum atomic E-state index is 0. The maximum atomic E-state index is 2.37. The Labute approximate surface area is 148 Å². The molecule has 2 nitrogen and oxygen atoms in total. The van der Waals surface area contributed by atoms with Gasteiger partial charge in [-0.15, -0.1) is 0 Å². The highest BCUT2D eigenvalue weighted by Gasteiger charge is 2.18. The van der Waals surface area contributed by atoms with E-state index in [1.807, 2.05) is 11.3 Å². The molecule has 4 heteroatoms. The van der Waals surface area contributed by atoms with Gasteiger partial charge in [0.1, 0.15) is 11.7 Å². The van der Waals surface area contributed by atoms with Gasteiger partial charge in [0.05, 0.1) is 5.56 Å². The van der Waals surface area contributed by atoms with Gasteiger partial charge in [0, 0.05) is 24.8 Å². The molecule has 0 fully saturated rings. The quantitative estimate of drug-likeness (QED) is 0.650. The second-order valence-corrected chi connectivity index (χ2v) is 6.69. The zero-order valence-electron chi connectivity index (χ0n) is 14.1. The third-order valence-corrected chi connectivity index (χ3v) is 5.50. The van der Waals surface area contributed by atoms with Crippen molar-refractivity contribution in [3.63, 3.8) is 0 Å². The fraction of sp³-hybridized carbons (Fsp3) is 0.316. The van der Waals surface area contributed by atoms with Crippen LogP contribution in [0.2, 0.25) is 0 Å². The number of fused-ring (bicyclic) bond motifs is 1. The molecule has 1 aromatic heterocycles. The summed E-state index contributed by atoms with van der Waals surface area (Å²) >= 11 is 1.86. The van der Waals surface area contributed by atoms with Gasteiger partial charge < -0.3 is 17.3 Å². The Morgan fingerprint density at radius 1 is 1.00 bits per heavy atom. The van der Waals surface area contributed by atoms with Gasteiger partial charge in [0.25, 0.3) is 5.01 Å². The Morgan fingerprint density at radius 3 is 2.26 bits per heavy atom. The number of aromatic nitrogens is 1. The molecule has 3 aromatic rings. The second-order valence-electron chi connectivity index (χ2n) is 5.66. The Kier molecular flexibility index (Phi) is 5.66. The van der Waals surface area contributed by atoms with Crippen molar-refractivity contribution in [2.24, 2.45) is 7.05 Å². The molecular weight excluding hydrogens is 324 g/mol. The van der Waals surface area contributed by atoms with Crippen molar-refractivity contribution < 1.29 is 17.0 Å². The van der Waals surface area contributed by atoms with Gasteiger partial charge in [-0.2, -0.15) is 4.57 Å². The molecule has 0 N–H and O–H groups in total. The molecule has 0 bridgehead atoms. The van der Waals surface area contributed by atoms with Crippen LogP contribution < -0.4 is 21.9 Å². The summed E-state index contributed by atoms with van der Waals surface area (Å²) in [6, 6.07) is 15.6. The molecule has 0 aliphatic carbocycles. The Bertz CT molecular complexity index is 789. The Morgan fingerprint density at radius 2 is 1.65 bits per heavy atom. The van der Waals surface area contributed by atoms with Crippen LogP contribution in [-0.4, -0.2) is 13.1 Å². The van der Waals surface area contributed by atoms with Crippen LogP contribution in [0.4, 0.5) is 5.69 Å². The van der Waals surface area contributed by atoms with Crippen LogP contribution >= 0.6 is 11.3 Å². The highest BCUT2D eigenvalue weighted by molar-refractivity contribution is 7.21. The largest absolute Gasteiger partial charge is 1.00 e. The van der Waals surface area contributed by atoms with Gasteiger partial charge in [0.2, 0.25) is 5.52 Å². The van der Waals surface area contributed by atoms with Crippen molar-refractivity contribution in [1.29, 1.82) is 0 Å². The smallest absolute Gasteiger partial charge is 0.269 e. The summed E-state index contributed by atoms with van der Waals surface area (Å²) in [4.78, 5) is 2.37. The van der Waals surface area contributed by atoms with Gasteiger partial charge >= 0.3 is 0 Å². The number of benzene rings is 2. The number of aryl methyl sites for hydroxylation is 2. The van der Waals surface area contributed by atoms with Gasteiger partial charge in [-0.3, -0.25) is 0 Å². The maximum Gasteiger partial charge on any atom is 0.269 e. The summed E-state index contributed by atoms with van der Waals surface area (Å²) in [7, 11) is 2.16. The fourth-order valence-electron chi connectivity index (χ4n) is 2.91. The van der Waals surface area contributed by atoms with Gasteiger partial charge in [-0.05, 0) is 56.7 Å². The van der Waals surface area contributed by atoms with Crippen LogP contribution in [0.3, 0.4) is 0 Å². The van der Waals surface area contributed by atoms with E-state index in [-0.39, 0.29) is 12.4 Å². The Balaban J connectivity index is 0.00000192. The van der Waals surface area contributed by atoms with Gasteiger partial charge in [-0.1, -0.05) is 17.4 Å². The molecule has 3 rings (SSSR count). The lowest BCUT2D eigenvalue weighted by Crippen LogP contribution is -3.00. The number of rotatable bonds is 4. The monoisotopic (exact) mass is 346 g/mol. The average Bonchev–Trinajstić information content (AvgIpc) is 2.86. The van der Waals surface area contributed by atoms with Crippen molar-refractivity contribution >= 4 is 27.2 Å². The van der Waals surface area contributed by atoms with E-state index < -0.39 is 0 Å². The summed E-state index contributed by atoms with van der Waals surface area (Å²) in [5.74, 6) is 0. The number of hydrogen-bond acceptors (Lipinski definition) is 2. The third-order valence-electron chi connectivity index (χ3n) is 4.23. The van der Waals surface area contributed by atoms with Crippen molar-refractivity contribution in [2.75, 3.05) is 18.0 Å². The first-order valence-electron chi connectivity index (χ1n) is 7.88. The molecule has 1 heterocycles. The van der Waals surface area contributed by atoms with Crippen molar-refractivity contribution in [3.8, 4) is 10.6 Å². The van der Waals surface area contributed by atoms with Crippen molar-refractivity contribution in [3.05, 3.63) is 48.0 Å². The summed E-state index contributed by atoms with van der Waals surface area (Å²) in [6.07, 6.45) is 0. The first-order chi connectivity index (χ1) is 10.6. The van der Waals surface area contributed by atoms with Gasteiger partial charge in [0.15, 0.2) is 0 Å². The molecule has 23 heavy (non-hydrogen) atoms. The fourth-order valence-corrected chi connectivity index (χ4v) is 4.05. The van der Waals surface area contributed by atoms with Gasteiger partial charge in [-0.25, -0.2) is 0 Å². The lowest BCUT2D eigenvalue weighted by atomic mass is 10.2. The van der Waals surface area contributed by atoms with E-state index >= 15 is 0 Å². The number of hydrogen-bond donors (Lipinski definition) is 0. The zero-order valence-corrected chi connectivity index (χ0v) is 15.7. The molecule has 0 unspecified atom stereocenters. The lowest BCUT2D eigenvalue weighted by molar-refractivity contribution is -0.629. The minimum Gasteiger partial charge on any atom is -1.00 e. The molecule has 122 valence electrons. The van der Waals surface area contributed by atoms with Crippen LogP contribution in [0.1, 0.15) is 19.4 Å². The normalized spacial score (nSPS) is 10.6. The predicted octanol–water partition coefficient (Wildman–Crippen LogP) is 1.55. The number of anilines is 1. The van der Waals surface area contributed by atoms with Crippen molar-refractivity contribution in [1.82, 2.24) is 0 Å². The molecule has 0 aliphatic heterocycles. The number of thiazole rings is 1. The van der Waals surface area contributed by atoms with E-state index in [0.29, 0.717) is 0 Å². The predicted molar refractivity (Wildman–Crippen MR) is 96.7 cm³/mol. The molecule has 0 saturated carbocycles. The summed E-state index contributed by atoms with van der Waals surface area (Å²) in [5, 5.41) is 1.31. The van der Waals surface area contributed by atoms with Crippen LogP contribution in [0, 0.1) is 6.92 Å². The highest BCUT2D eigenvalue weighted by atomic mass is 35.5. The first kappa shape index (κ1) is 17.8. The van der Waals surface area contributed by atoms with E-state index in [4.69, 9.17) is 0 Å². The molecule has 0 saturated heterocycles. The maximum absolute atomic E-state index is 2.37. The van der Waals surface area contributed by atoms with E-state index in [9.17, 15) is 0 Å². The van der Waals surface area contributed by atoms with Crippen LogP contribution in [0.15, 0.2) is 42.5 Å². The zero-order chi connectivity index (χ0) is 15.7.